The molecular formula is C20H25N5S. The van der Waals surface area contributed by atoms with Crippen LogP contribution in [0.25, 0.3) is 0 Å². The van der Waals surface area contributed by atoms with Gasteiger partial charge in [-0.25, -0.2) is 9.98 Å². The van der Waals surface area contributed by atoms with E-state index >= 15 is 0 Å². The van der Waals surface area contributed by atoms with Gasteiger partial charge in [-0.3, -0.25) is 0 Å². The van der Waals surface area contributed by atoms with Crippen LogP contribution in [0.3, 0.4) is 0 Å². The molecule has 0 unspecified atom stereocenters. The van der Waals surface area contributed by atoms with Gasteiger partial charge in [0.15, 0.2) is 5.96 Å². The molecular weight excluding hydrogens is 342 g/mol. The van der Waals surface area contributed by atoms with Crippen LogP contribution < -0.4 is 10.6 Å². The SMILES string of the molecule is CCNC(=NCc1cccc(Cn2ccnc2)c1)NCc1ccc(C)s1. The zero-order chi connectivity index (χ0) is 18.2. The third-order valence-corrected chi connectivity index (χ3v) is 4.91. The smallest absolute Gasteiger partial charge is 0.191 e. The predicted octanol–water partition coefficient (Wildman–Crippen LogP) is 3.56. The second-order valence-corrected chi connectivity index (χ2v) is 7.49. The summed E-state index contributed by atoms with van der Waals surface area (Å²) in [6.07, 6.45) is 5.62. The average Bonchev–Trinajstić information content (AvgIpc) is 3.29. The fourth-order valence-corrected chi connectivity index (χ4v) is 3.51. The second kappa shape index (κ2) is 9.20. The lowest BCUT2D eigenvalue weighted by atomic mass is 10.1. The summed E-state index contributed by atoms with van der Waals surface area (Å²) in [5, 5.41) is 6.72. The van der Waals surface area contributed by atoms with Crippen molar-refractivity contribution in [3.63, 3.8) is 0 Å². The number of aliphatic imine (C=N–C) groups is 1. The minimum absolute atomic E-state index is 0.649. The maximum atomic E-state index is 4.72. The Morgan fingerprint density at radius 3 is 2.81 bits per heavy atom. The molecule has 0 amide bonds. The normalized spacial score (nSPS) is 11.5. The van der Waals surface area contributed by atoms with Gasteiger partial charge in [-0.05, 0) is 37.1 Å². The first-order valence-electron chi connectivity index (χ1n) is 8.84. The predicted molar refractivity (Wildman–Crippen MR) is 108 cm³/mol. The fourth-order valence-electron chi connectivity index (χ4n) is 2.68. The van der Waals surface area contributed by atoms with E-state index in [0.29, 0.717) is 6.54 Å². The van der Waals surface area contributed by atoms with Crippen LogP contribution in [0.2, 0.25) is 0 Å². The van der Waals surface area contributed by atoms with E-state index in [0.717, 1.165) is 25.6 Å². The summed E-state index contributed by atoms with van der Waals surface area (Å²) in [6, 6.07) is 12.9. The van der Waals surface area contributed by atoms with E-state index in [9.17, 15) is 0 Å². The largest absolute Gasteiger partial charge is 0.357 e. The third-order valence-electron chi connectivity index (χ3n) is 3.91. The van der Waals surface area contributed by atoms with Crippen molar-refractivity contribution in [2.24, 2.45) is 4.99 Å². The van der Waals surface area contributed by atoms with E-state index in [1.54, 1.807) is 6.20 Å². The van der Waals surface area contributed by atoms with E-state index in [1.807, 2.05) is 23.9 Å². The summed E-state index contributed by atoms with van der Waals surface area (Å²) < 4.78 is 2.07. The molecule has 2 aromatic heterocycles. The van der Waals surface area contributed by atoms with Crippen molar-refractivity contribution in [3.05, 3.63) is 76.0 Å². The number of guanidine groups is 1. The van der Waals surface area contributed by atoms with Crippen LogP contribution in [-0.2, 0) is 19.6 Å². The van der Waals surface area contributed by atoms with Gasteiger partial charge in [-0.1, -0.05) is 24.3 Å². The van der Waals surface area contributed by atoms with Crippen molar-refractivity contribution in [2.45, 2.75) is 33.5 Å². The Morgan fingerprint density at radius 2 is 2.08 bits per heavy atom. The molecule has 0 saturated carbocycles. The topological polar surface area (TPSA) is 54.2 Å². The third kappa shape index (κ3) is 5.46. The van der Waals surface area contributed by atoms with Crippen molar-refractivity contribution < 1.29 is 0 Å². The Bertz CT molecular complexity index is 836. The van der Waals surface area contributed by atoms with Gasteiger partial charge in [0.2, 0.25) is 0 Å². The molecule has 0 fully saturated rings. The molecule has 5 nitrogen and oxygen atoms in total. The first-order chi connectivity index (χ1) is 12.7. The lowest BCUT2D eigenvalue weighted by Gasteiger charge is -2.11. The van der Waals surface area contributed by atoms with Crippen molar-refractivity contribution in [1.82, 2.24) is 20.2 Å². The summed E-state index contributed by atoms with van der Waals surface area (Å²) in [7, 11) is 0. The summed E-state index contributed by atoms with van der Waals surface area (Å²) in [5.74, 6) is 0.846. The Hall–Kier alpha value is -2.60. The molecule has 2 heterocycles. The maximum absolute atomic E-state index is 4.72. The molecule has 0 radical (unpaired) electrons. The van der Waals surface area contributed by atoms with E-state index in [-0.39, 0.29) is 0 Å². The van der Waals surface area contributed by atoms with Gasteiger partial charge in [0.1, 0.15) is 0 Å². The Kier molecular flexibility index (Phi) is 6.44. The summed E-state index contributed by atoms with van der Waals surface area (Å²) >= 11 is 1.81. The number of thiophene rings is 1. The van der Waals surface area contributed by atoms with E-state index in [2.05, 4.69) is 70.4 Å². The number of imidazole rings is 1. The number of aryl methyl sites for hydroxylation is 1. The van der Waals surface area contributed by atoms with E-state index in [4.69, 9.17) is 4.99 Å². The van der Waals surface area contributed by atoms with Crippen molar-refractivity contribution in [3.8, 4) is 0 Å². The molecule has 3 aromatic rings. The van der Waals surface area contributed by atoms with Crippen LogP contribution in [-0.4, -0.2) is 22.1 Å². The molecule has 0 aliphatic heterocycles. The first-order valence-corrected chi connectivity index (χ1v) is 9.65. The van der Waals surface area contributed by atoms with Crippen molar-refractivity contribution in [1.29, 1.82) is 0 Å². The second-order valence-electron chi connectivity index (χ2n) is 6.12. The van der Waals surface area contributed by atoms with Crippen molar-refractivity contribution in [2.75, 3.05) is 6.54 Å². The van der Waals surface area contributed by atoms with Gasteiger partial charge in [-0.15, -0.1) is 11.3 Å². The summed E-state index contributed by atoms with van der Waals surface area (Å²) in [6.45, 7) is 7.33. The molecule has 0 aliphatic carbocycles. The van der Waals surface area contributed by atoms with Crippen LogP contribution in [0.1, 0.15) is 27.8 Å². The van der Waals surface area contributed by atoms with Crippen molar-refractivity contribution >= 4 is 17.3 Å². The average molecular weight is 368 g/mol. The highest BCUT2D eigenvalue weighted by atomic mass is 32.1. The monoisotopic (exact) mass is 367 g/mol. The molecule has 0 atom stereocenters. The first kappa shape index (κ1) is 18.2. The number of hydrogen-bond donors (Lipinski definition) is 2. The Labute approximate surface area is 158 Å². The lowest BCUT2D eigenvalue weighted by Crippen LogP contribution is -2.36. The van der Waals surface area contributed by atoms with Crippen LogP contribution in [0.4, 0.5) is 0 Å². The highest BCUT2D eigenvalue weighted by Gasteiger charge is 2.02. The van der Waals surface area contributed by atoms with Gasteiger partial charge in [0.05, 0.1) is 19.4 Å². The molecule has 1 aromatic carbocycles. The minimum Gasteiger partial charge on any atom is -0.357 e. The highest BCUT2D eigenvalue weighted by Crippen LogP contribution is 2.14. The Morgan fingerprint density at radius 1 is 1.19 bits per heavy atom. The van der Waals surface area contributed by atoms with E-state index in [1.165, 1.54) is 20.9 Å². The van der Waals surface area contributed by atoms with Crippen LogP contribution in [0.5, 0.6) is 0 Å². The zero-order valence-electron chi connectivity index (χ0n) is 15.3. The number of nitrogens with zero attached hydrogens (tertiary/aromatic N) is 3. The maximum Gasteiger partial charge on any atom is 0.191 e. The number of rotatable bonds is 7. The van der Waals surface area contributed by atoms with Gasteiger partial charge in [0, 0.05) is 35.2 Å². The highest BCUT2D eigenvalue weighted by molar-refractivity contribution is 7.11. The molecule has 2 N–H and O–H groups in total. The molecule has 26 heavy (non-hydrogen) atoms. The molecule has 0 spiro atoms. The molecule has 3 rings (SSSR count). The summed E-state index contributed by atoms with van der Waals surface area (Å²) in [4.78, 5) is 11.5. The van der Waals surface area contributed by atoms with Gasteiger partial charge in [-0.2, -0.15) is 0 Å². The van der Waals surface area contributed by atoms with Crippen LogP contribution >= 0.6 is 11.3 Å². The fraction of sp³-hybridized carbons (Fsp3) is 0.300. The molecule has 0 aliphatic rings. The standard InChI is InChI=1S/C20H25N5S/c1-3-22-20(24-13-19-8-7-16(2)26-19)23-12-17-5-4-6-18(11-17)14-25-10-9-21-15-25/h4-11,15H,3,12-14H2,1-2H3,(H2,22,23,24). The number of nitrogens with one attached hydrogen (secondary N) is 2. The number of hydrogen-bond acceptors (Lipinski definition) is 3. The molecule has 0 bridgehead atoms. The Balaban J connectivity index is 1.61. The molecule has 136 valence electrons. The molecule has 0 saturated heterocycles. The van der Waals surface area contributed by atoms with Gasteiger partial charge >= 0.3 is 0 Å². The van der Waals surface area contributed by atoms with Gasteiger partial charge < -0.3 is 15.2 Å². The van der Waals surface area contributed by atoms with E-state index < -0.39 is 0 Å². The quantitative estimate of drug-likeness (QED) is 0.496. The van der Waals surface area contributed by atoms with Gasteiger partial charge in [0.25, 0.3) is 0 Å². The number of aromatic nitrogens is 2. The zero-order valence-corrected chi connectivity index (χ0v) is 16.1. The lowest BCUT2D eigenvalue weighted by molar-refractivity contribution is 0.794. The molecule has 6 heteroatoms. The number of benzene rings is 1. The van der Waals surface area contributed by atoms with Crippen LogP contribution in [0.15, 0.2) is 60.1 Å². The van der Waals surface area contributed by atoms with Crippen LogP contribution in [0, 0.1) is 6.92 Å². The summed E-state index contributed by atoms with van der Waals surface area (Å²) in [5.41, 5.74) is 2.45. The minimum atomic E-state index is 0.649.